The lowest BCUT2D eigenvalue weighted by Gasteiger charge is -2.36. The van der Waals surface area contributed by atoms with Crippen molar-refractivity contribution in [1.29, 1.82) is 0 Å². The van der Waals surface area contributed by atoms with E-state index in [2.05, 4.69) is 21.0 Å². The largest absolute Gasteiger partial charge is 0.508 e. The number of benzene rings is 4. The number of rotatable bonds is 6. The minimum absolute atomic E-state index is 0.0250. The Bertz CT molecular complexity index is 2650. The van der Waals surface area contributed by atoms with Crippen LogP contribution in [0.15, 0.2) is 72.8 Å². The number of alkyl halides is 3. The number of nitrogens with one attached hydrogen (secondary N) is 3. The van der Waals surface area contributed by atoms with Gasteiger partial charge in [0.1, 0.15) is 23.0 Å². The lowest BCUT2D eigenvalue weighted by atomic mass is 9.75. The number of fused-ring (bicyclic) bond motifs is 7. The topological polar surface area (TPSA) is 190 Å². The van der Waals surface area contributed by atoms with Crippen molar-refractivity contribution in [2.45, 2.75) is 76.2 Å². The molecule has 0 unspecified atom stereocenters. The van der Waals surface area contributed by atoms with Crippen LogP contribution in [-0.2, 0) is 22.9 Å². The van der Waals surface area contributed by atoms with Crippen molar-refractivity contribution in [2.75, 3.05) is 10.6 Å². The monoisotopic (exact) mass is 852 g/mol. The van der Waals surface area contributed by atoms with E-state index in [9.17, 15) is 37.8 Å². The van der Waals surface area contributed by atoms with Gasteiger partial charge in [-0.2, -0.15) is 18.3 Å². The Balaban J connectivity index is 0.888. The number of thiocarbonyl (C=S) groups is 1. The summed E-state index contributed by atoms with van der Waals surface area (Å²) in [5.41, 5.74) is 5.46. The number of phenolic OH excluding ortho intramolecular Hbond substituents is 2. The number of anilines is 2. The molecular formula is C44H39F3N6O7S. The summed E-state index contributed by atoms with van der Waals surface area (Å²) < 4.78 is 55.7. The quantitative estimate of drug-likeness (QED) is 0.0719. The summed E-state index contributed by atoms with van der Waals surface area (Å²) in [5.74, 6) is -1.45. The molecule has 13 nitrogen and oxygen atoms in total. The molecule has 1 amide bonds. The van der Waals surface area contributed by atoms with Crippen molar-refractivity contribution in [1.82, 2.24) is 15.1 Å². The van der Waals surface area contributed by atoms with Crippen LogP contribution in [0.3, 0.4) is 0 Å². The van der Waals surface area contributed by atoms with Crippen LogP contribution in [-0.4, -0.2) is 54.8 Å². The van der Waals surface area contributed by atoms with Crippen molar-refractivity contribution in [3.63, 3.8) is 0 Å². The van der Waals surface area contributed by atoms with Gasteiger partial charge in [0.2, 0.25) is 0 Å². The summed E-state index contributed by atoms with van der Waals surface area (Å²) in [6, 6.07) is 18.6. The van der Waals surface area contributed by atoms with E-state index in [1.807, 2.05) is 13.8 Å². The Labute approximate surface area is 352 Å². The van der Waals surface area contributed by atoms with Crippen molar-refractivity contribution >= 4 is 46.4 Å². The number of Topliss-reactive ketones (excluding diaryl/α,β-unsaturated/α-hetero) is 1. The van der Waals surface area contributed by atoms with Crippen LogP contribution in [0.4, 0.5) is 24.5 Å². The normalized spacial score (nSPS) is 19.4. The number of ketones is 1. The van der Waals surface area contributed by atoms with Gasteiger partial charge in [0.15, 0.2) is 22.2 Å². The first-order valence-corrected chi connectivity index (χ1v) is 20.0. The van der Waals surface area contributed by atoms with Gasteiger partial charge >= 0.3 is 12.1 Å². The highest BCUT2D eigenvalue weighted by Gasteiger charge is 2.54. The molecule has 0 atom stereocenters. The maximum Gasteiger partial charge on any atom is 0.435 e. The fourth-order valence-electron chi connectivity index (χ4n) is 9.10. The third kappa shape index (κ3) is 6.95. The third-order valence-electron chi connectivity index (χ3n) is 11.8. The van der Waals surface area contributed by atoms with E-state index in [1.165, 1.54) is 36.4 Å². The molecular weight excluding hydrogens is 814 g/mol. The Morgan fingerprint density at radius 2 is 1.52 bits per heavy atom. The standard InChI is InChI=1S/C44H39F3N6O7S/c1-42(2)19-33-37(34(56)20-42)38(44(45,46)47)52-53(33)24-8-11-27(39(48)57)32(16-24)49-21-3-5-22(6-4-21)50-41(61)51-23-7-12-29-28(15-23)40(58)60-43(29)30-13-9-25(54)17-35(30)59-36-18-26(55)10-14-31(36)43/h7-18,21-22,49,54-55H,3-6,19-20H2,1-2H3,(H2,48,57)(H2,50,51,61)/t21-,22-. The highest BCUT2D eigenvalue weighted by molar-refractivity contribution is 7.80. The summed E-state index contributed by atoms with van der Waals surface area (Å²) in [6.45, 7) is 3.65. The van der Waals surface area contributed by atoms with E-state index in [-0.39, 0.29) is 64.9 Å². The van der Waals surface area contributed by atoms with Gasteiger partial charge in [-0.25, -0.2) is 9.48 Å². The zero-order valence-corrected chi connectivity index (χ0v) is 33.6. The maximum absolute atomic E-state index is 14.1. The molecule has 1 aromatic heterocycles. The van der Waals surface area contributed by atoms with E-state index in [4.69, 9.17) is 27.4 Å². The Hall–Kier alpha value is -6.62. The number of hydrogen-bond donors (Lipinski definition) is 6. The number of aromatic nitrogens is 2. The number of nitrogens with zero attached hydrogens (tertiary/aromatic N) is 2. The molecule has 1 spiro atoms. The summed E-state index contributed by atoms with van der Waals surface area (Å²) >= 11 is 5.68. The van der Waals surface area contributed by atoms with E-state index >= 15 is 0 Å². The zero-order valence-electron chi connectivity index (χ0n) is 32.8. The molecule has 4 aliphatic rings. The summed E-state index contributed by atoms with van der Waals surface area (Å²) in [5, 5.41) is 34.5. The minimum Gasteiger partial charge on any atom is -0.508 e. The van der Waals surface area contributed by atoms with Gasteiger partial charge in [0.05, 0.1) is 28.1 Å². The van der Waals surface area contributed by atoms with Gasteiger partial charge < -0.3 is 41.4 Å². The van der Waals surface area contributed by atoms with Crippen LogP contribution in [0, 0.1) is 5.41 Å². The highest BCUT2D eigenvalue weighted by atomic mass is 32.1. The van der Waals surface area contributed by atoms with Gasteiger partial charge in [-0.3, -0.25) is 9.59 Å². The van der Waals surface area contributed by atoms with E-state index < -0.39 is 46.1 Å². The second kappa shape index (κ2) is 14.2. The van der Waals surface area contributed by atoms with Crippen LogP contribution in [0.2, 0.25) is 0 Å². The molecule has 1 saturated carbocycles. The summed E-state index contributed by atoms with van der Waals surface area (Å²) in [4.78, 5) is 39.0. The number of nitrogens with two attached hydrogens (primary N) is 1. The third-order valence-corrected chi connectivity index (χ3v) is 12.0. The Morgan fingerprint density at radius 3 is 2.16 bits per heavy atom. The molecule has 3 heterocycles. The van der Waals surface area contributed by atoms with Crippen LogP contribution in [0.25, 0.3) is 5.69 Å². The van der Waals surface area contributed by atoms with Crippen LogP contribution in [0.5, 0.6) is 23.0 Å². The molecule has 1 fully saturated rings. The number of primary amides is 1. The Morgan fingerprint density at radius 1 is 0.885 bits per heavy atom. The molecule has 9 rings (SSSR count). The highest BCUT2D eigenvalue weighted by Crippen LogP contribution is 2.57. The zero-order chi connectivity index (χ0) is 43.2. The predicted octanol–water partition coefficient (Wildman–Crippen LogP) is 7.83. The second-order valence-electron chi connectivity index (χ2n) is 16.7. The number of aromatic hydroxyl groups is 2. The van der Waals surface area contributed by atoms with Crippen molar-refractivity contribution in [3.05, 3.63) is 118 Å². The predicted molar refractivity (Wildman–Crippen MR) is 221 cm³/mol. The van der Waals surface area contributed by atoms with Gasteiger partial charge in [-0.1, -0.05) is 19.9 Å². The summed E-state index contributed by atoms with van der Waals surface area (Å²) in [7, 11) is 0. The molecule has 0 saturated heterocycles. The lowest BCUT2D eigenvalue weighted by molar-refractivity contribution is -0.141. The fourth-order valence-corrected chi connectivity index (χ4v) is 9.38. The Kier molecular flexibility index (Phi) is 9.30. The van der Waals surface area contributed by atoms with E-state index in [1.54, 1.807) is 36.4 Å². The molecule has 2 aliphatic carbocycles. The van der Waals surface area contributed by atoms with Gasteiger partial charge in [-0.15, -0.1) is 0 Å². The van der Waals surface area contributed by atoms with Crippen LogP contribution >= 0.6 is 12.2 Å². The minimum atomic E-state index is -4.84. The number of hydrogen-bond acceptors (Lipinski definition) is 10. The SMILES string of the molecule is CC1(C)CC(=O)c2c(C(F)(F)F)nn(-c3ccc(C(N)=O)c(N[C@H]4CC[C@H](NC(=S)Nc5ccc6c(c5)C(=O)OC65c6ccc(O)cc6Oc6cc(O)ccc65)CC4)c3)c2C1. The van der Waals surface area contributed by atoms with Crippen molar-refractivity contribution in [2.24, 2.45) is 11.1 Å². The van der Waals surface area contributed by atoms with Crippen molar-refractivity contribution < 1.29 is 47.2 Å². The first-order valence-electron chi connectivity index (χ1n) is 19.6. The molecule has 0 radical (unpaired) electrons. The fraction of sp³-hybridized carbons (Fsp3) is 0.295. The van der Waals surface area contributed by atoms with Gasteiger partial charge in [0.25, 0.3) is 5.91 Å². The molecule has 4 aromatic carbocycles. The number of esters is 1. The van der Waals surface area contributed by atoms with Crippen LogP contribution in [0.1, 0.15) is 105 Å². The number of carbonyl (C=O) groups is 3. The maximum atomic E-state index is 14.1. The van der Waals surface area contributed by atoms with Gasteiger partial charge in [0, 0.05) is 58.7 Å². The molecule has 61 heavy (non-hydrogen) atoms. The molecule has 314 valence electrons. The smallest absolute Gasteiger partial charge is 0.435 e. The first-order chi connectivity index (χ1) is 28.9. The number of phenols is 2. The molecule has 0 bridgehead atoms. The molecule has 17 heteroatoms. The van der Waals surface area contributed by atoms with Crippen molar-refractivity contribution in [3.8, 4) is 28.7 Å². The first kappa shape index (κ1) is 39.8. The molecule has 7 N–H and O–H groups in total. The number of ether oxygens (including phenoxy) is 2. The number of halogens is 3. The lowest BCUT2D eigenvalue weighted by Crippen LogP contribution is -2.42. The molecule has 2 aliphatic heterocycles. The molecule has 5 aromatic rings. The average molecular weight is 853 g/mol. The number of carbonyl (C=O) groups excluding carboxylic acids is 3. The van der Waals surface area contributed by atoms with Crippen LogP contribution < -0.4 is 26.4 Å². The van der Waals surface area contributed by atoms with E-state index in [0.717, 1.165) is 4.68 Å². The van der Waals surface area contributed by atoms with Gasteiger partial charge in [-0.05, 0) is 104 Å². The van der Waals surface area contributed by atoms with E-state index in [0.29, 0.717) is 64.4 Å². The number of amides is 1. The summed E-state index contributed by atoms with van der Waals surface area (Å²) in [6.07, 6.45) is -2.02. The second-order valence-corrected chi connectivity index (χ2v) is 17.1. The average Bonchev–Trinajstić information content (AvgIpc) is 3.70.